The molecule has 9 nitrogen and oxygen atoms in total. The first kappa shape index (κ1) is 33.7. The third-order valence-electron chi connectivity index (χ3n) is 4.63. The number of esters is 3. The van der Waals surface area contributed by atoms with Crippen molar-refractivity contribution in [1.82, 2.24) is 0 Å². The third-order valence-corrected chi connectivity index (χ3v) is 5.43. The molecule has 33 heavy (non-hydrogen) atoms. The molecule has 0 saturated heterocycles. The Balaban J connectivity index is 0. The highest BCUT2D eigenvalue weighted by Gasteiger charge is 2.43. The van der Waals surface area contributed by atoms with Crippen LogP contribution in [-0.2, 0) is 38.7 Å². The summed E-state index contributed by atoms with van der Waals surface area (Å²) < 4.78 is 46.2. The topological polar surface area (TPSA) is 133 Å². The van der Waals surface area contributed by atoms with E-state index in [1.54, 1.807) is 0 Å². The number of carbonyl (C=O) groups excluding carboxylic acids is 3. The Morgan fingerprint density at radius 1 is 0.848 bits per heavy atom. The lowest BCUT2D eigenvalue weighted by Gasteiger charge is -2.30. The van der Waals surface area contributed by atoms with E-state index in [4.69, 9.17) is 18.8 Å². The molecule has 0 aromatic rings. The van der Waals surface area contributed by atoms with Crippen molar-refractivity contribution in [3.63, 3.8) is 0 Å². The van der Waals surface area contributed by atoms with Crippen LogP contribution in [0.25, 0.3) is 0 Å². The molecule has 0 aliphatic rings. The fraction of sp³-hybridized carbons (Fsp3) is 0.682. The Morgan fingerprint density at radius 3 is 1.79 bits per heavy atom. The standard InChI is InChI=1S/C22H36O9S.Mg.2H/c1-6-7-8-9-12-22(15-30-19(23)17(2)3,16-31-20(24)18(4)5)21(25)29-13-10-11-14-32(26,27)28;;;/h2,4,6-16H2,1,3,5H3,(H,26,27,28);;;. The maximum absolute atomic E-state index is 13.0. The zero-order valence-electron chi connectivity index (χ0n) is 19.3. The van der Waals surface area contributed by atoms with Crippen LogP contribution >= 0.6 is 0 Å². The minimum Gasteiger partial charge on any atom is -0.465 e. The van der Waals surface area contributed by atoms with E-state index in [1.807, 2.05) is 6.92 Å². The summed E-state index contributed by atoms with van der Waals surface area (Å²) in [4.78, 5) is 36.9. The van der Waals surface area contributed by atoms with Gasteiger partial charge < -0.3 is 14.2 Å². The van der Waals surface area contributed by atoms with Gasteiger partial charge in [0.2, 0.25) is 0 Å². The van der Waals surface area contributed by atoms with Crippen LogP contribution in [0.1, 0.15) is 65.7 Å². The van der Waals surface area contributed by atoms with Gasteiger partial charge in [-0.25, -0.2) is 9.59 Å². The summed E-state index contributed by atoms with van der Waals surface area (Å²) >= 11 is 0. The predicted molar refractivity (Wildman–Crippen MR) is 128 cm³/mol. The first-order valence-electron chi connectivity index (χ1n) is 10.6. The second-order valence-corrected chi connectivity index (χ2v) is 9.51. The molecule has 0 aromatic heterocycles. The lowest BCUT2D eigenvalue weighted by Crippen LogP contribution is -2.43. The summed E-state index contributed by atoms with van der Waals surface area (Å²) in [6, 6.07) is 0. The van der Waals surface area contributed by atoms with Crippen LogP contribution in [0, 0.1) is 5.41 Å². The highest BCUT2D eigenvalue weighted by atomic mass is 32.2. The second-order valence-electron chi connectivity index (χ2n) is 7.93. The number of unbranched alkanes of at least 4 members (excludes halogenated alkanes) is 4. The fourth-order valence-electron chi connectivity index (χ4n) is 2.65. The average Bonchev–Trinajstić information content (AvgIpc) is 2.70. The Hall–Kier alpha value is -1.43. The van der Waals surface area contributed by atoms with E-state index in [-0.39, 0.29) is 73.3 Å². The molecular formula is C22H38MgO9S. The molecule has 11 heteroatoms. The Kier molecular flexibility index (Phi) is 17.4. The maximum atomic E-state index is 13.0. The quantitative estimate of drug-likeness (QED) is 0.0794. The highest BCUT2D eigenvalue weighted by Crippen LogP contribution is 2.30. The van der Waals surface area contributed by atoms with Crippen molar-refractivity contribution in [2.24, 2.45) is 5.41 Å². The largest absolute Gasteiger partial charge is 0.465 e. The summed E-state index contributed by atoms with van der Waals surface area (Å²) in [6.07, 6.45) is 3.91. The van der Waals surface area contributed by atoms with Crippen molar-refractivity contribution in [2.75, 3.05) is 25.6 Å². The number of hydrogen-bond donors (Lipinski definition) is 1. The van der Waals surface area contributed by atoms with Gasteiger partial charge in [0.25, 0.3) is 10.1 Å². The van der Waals surface area contributed by atoms with Crippen LogP contribution in [0.3, 0.4) is 0 Å². The SMILES string of the molecule is C=C(C)C(=O)OCC(CCCCCC)(COC(=O)C(=C)C)C(=O)OCCCCS(=O)(=O)O.[MgH2]. The van der Waals surface area contributed by atoms with Gasteiger partial charge in [-0.15, -0.1) is 0 Å². The van der Waals surface area contributed by atoms with Crippen LogP contribution < -0.4 is 0 Å². The first-order valence-corrected chi connectivity index (χ1v) is 12.2. The maximum Gasteiger partial charge on any atom is 0.333 e. The normalized spacial score (nSPS) is 11.2. The average molecular weight is 503 g/mol. The molecule has 0 aliphatic heterocycles. The summed E-state index contributed by atoms with van der Waals surface area (Å²) in [6.45, 7) is 11.2. The highest BCUT2D eigenvalue weighted by molar-refractivity contribution is 7.85. The molecule has 1 N–H and O–H groups in total. The van der Waals surface area contributed by atoms with Gasteiger partial charge in [-0.3, -0.25) is 9.35 Å². The number of carbonyl (C=O) groups is 3. The summed E-state index contributed by atoms with van der Waals surface area (Å²) in [5.41, 5.74) is -1.11. The van der Waals surface area contributed by atoms with Gasteiger partial charge >= 0.3 is 41.0 Å². The van der Waals surface area contributed by atoms with Crippen molar-refractivity contribution < 1.29 is 41.6 Å². The molecule has 0 amide bonds. The molecule has 0 radical (unpaired) electrons. The van der Waals surface area contributed by atoms with Gasteiger partial charge in [0.15, 0.2) is 0 Å². The zero-order valence-corrected chi connectivity index (χ0v) is 20.1. The van der Waals surface area contributed by atoms with Crippen molar-refractivity contribution in [3.8, 4) is 0 Å². The van der Waals surface area contributed by atoms with Gasteiger partial charge in [0.1, 0.15) is 18.6 Å². The first-order chi connectivity index (χ1) is 14.8. The van der Waals surface area contributed by atoms with Gasteiger partial charge in [0, 0.05) is 11.1 Å². The van der Waals surface area contributed by atoms with Gasteiger partial charge in [-0.05, 0) is 33.1 Å². The molecule has 0 heterocycles. The molecule has 0 atom stereocenters. The number of hydrogen-bond acceptors (Lipinski definition) is 8. The van der Waals surface area contributed by atoms with Crippen molar-refractivity contribution in [1.29, 1.82) is 0 Å². The molecule has 0 rings (SSSR count). The van der Waals surface area contributed by atoms with E-state index in [9.17, 15) is 22.8 Å². The smallest absolute Gasteiger partial charge is 0.333 e. The molecule has 0 aliphatic carbocycles. The van der Waals surface area contributed by atoms with Gasteiger partial charge in [-0.2, -0.15) is 8.42 Å². The molecule has 0 spiro atoms. The van der Waals surface area contributed by atoms with Crippen molar-refractivity contribution >= 4 is 51.1 Å². The fourth-order valence-corrected chi connectivity index (χ4v) is 3.22. The zero-order chi connectivity index (χ0) is 24.8. The minimum atomic E-state index is -4.10. The second kappa shape index (κ2) is 17.1. The monoisotopic (exact) mass is 502 g/mol. The van der Waals surface area contributed by atoms with Crippen molar-refractivity contribution in [3.05, 3.63) is 24.3 Å². The Bertz CT molecular complexity index is 745. The number of rotatable bonds is 17. The van der Waals surface area contributed by atoms with Crippen LogP contribution in [0.2, 0.25) is 0 Å². The van der Waals surface area contributed by atoms with E-state index in [1.165, 1.54) is 13.8 Å². The van der Waals surface area contributed by atoms with Crippen LogP contribution in [0.4, 0.5) is 0 Å². The van der Waals surface area contributed by atoms with Crippen LogP contribution in [0.5, 0.6) is 0 Å². The van der Waals surface area contributed by atoms with Crippen LogP contribution in [0.15, 0.2) is 24.3 Å². The third kappa shape index (κ3) is 15.2. The molecule has 0 saturated carbocycles. The van der Waals surface area contributed by atoms with Gasteiger partial charge in [-0.1, -0.05) is 45.8 Å². The lowest BCUT2D eigenvalue weighted by atomic mass is 9.83. The minimum absolute atomic E-state index is 0. The molecule has 188 valence electrons. The summed E-state index contributed by atoms with van der Waals surface area (Å²) in [5, 5.41) is 0. The van der Waals surface area contributed by atoms with Gasteiger partial charge in [0.05, 0.1) is 12.4 Å². The predicted octanol–water partition coefficient (Wildman–Crippen LogP) is 2.48. The van der Waals surface area contributed by atoms with E-state index < -0.39 is 39.2 Å². The van der Waals surface area contributed by atoms with E-state index >= 15 is 0 Å². The summed E-state index contributed by atoms with van der Waals surface area (Å²) in [5.74, 6) is -2.53. The van der Waals surface area contributed by atoms with E-state index in [0.717, 1.165) is 19.3 Å². The molecular weight excluding hydrogens is 465 g/mol. The van der Waals surface area contributed by atoms with E-state index in [0.29, 0.717) is 6.42 Å². The molecule has 0 fully saturated rings. The van der Waals surface area contributed by atoms with Crippen molar-refractivity contribution in [2.45, 2.75) is 65.7 Å². The Morgan fingerprint density at radius 2 is 1.36 bits per heavy atom. The van der Waals surface area contributed by atoms with Crippen LogP contribution in [-0.4, -0.2) is 79.5 Å². The lowest BCUT2D eigenvalue weighted by molar-refractivity contribution is -0.171. The molecule has 0 aromatic carbocycles. The summed E-state index contributed by atoms with van der Waals surface area (Å²) in [7, 11) is -4.10. The van der Waals surface area contributed by atoms with E-state index in [2.05, 4.69) is 13.2 Å². The Labute approximate surface area is 213 Å². The molecule has 0 unspecified atom stereocenters. The molecule has 0 bridgehead atoms. The number of ether oxygens (including phenoxy) is 3.